The van der Waals surface area contributed by atoms with Crippen LogP contribution in [0.4, 0.5) is 0 Å². The zero-order valence-corrected chi connectivity index (χ0v) is 22.0. The van der Waals surface area contributed by atoms with Gasteiger partial charge in [-0.15, -0.1) is 0 Å². The van der Waals surface area contributed by atoms with Gasteiger partial charge in [0.25, 0.3) is 0 Å². The Kier molecular flexibility index (Phi) is 3.92. The Hall–Kier alpha value is -5.40. The Bertz CT molecular complexity index is 2500. The number of fused-ring (bicyclic) bond motifs is 5. The van der Waals surface area contributed by atoms with Crippen LogP contribution in [0.3, 0.4) is 0 Å². The smallest absolute Gasteiger partial charge is 0.135 e. The lowest BCUT2D eigenvalue weighted by Crippen LogP contribution is -1.98. The standard InChI is InChI=1S/C40H24O/c1-2-11-26-24-27(21-20-25(26)10-1)38-30-13-3-5-15-32(30)39(33-16-6-4-14-31(33)38)35-22-23-37-40-29(17-9-18-34(35)40)28-12-7-8-19-36(28)41-37/h1-24H/i13D,14D,15D,16D. The van der Waals surface area contributed by atoms with E-state index in [0.717, 1.165) is 55.3 Å². The van der Waals surface area contributed by atoms with Crippen LogP contribution in [-0.4, -0.2) is 0 Å². The minimum absolute atomic E-state index is 0.275. The molecule has 0 atom stereocenters. The molecule has 1 nitrogen and oxygen atoms in total. The van der Waals surface area contributed by atoms with Gasteiger partial charge in [-0.2, -0.15) is 0 Å². The summed E-state index contributed by atoms with van der Waals surface area (Å²) in [4.78, 5) is 0. The van der Waals surface area contributed by atoms with Crippen LogP contribution >= 0.6 is 0 Å². The van der Waals surface area contributed by atoms with E-state index in [1.807, 2.05) is 54.6 Å². The van der Waals surface area contributed by atoms with Crippen molar-refractivity contribution in [1.82, 2.24) is 0 Å². The quantitative estimate of drug-likeness (QED) is 0.204. The molecule has 0 unspecified atom stereocenters. The lowest BCUT2D eigenvalue weighted by Gasteiger charge is -2.24. The Labute approximate surface area is 243 Å². The van der Waals surface area contributed by atoms with Gasteiger partial charge in [0.1, 0.15) is 11.5 Å². The maximum absolute atomic E-state index is 9.26. The number of hydrogen-bond acceptors (Lipinski definition) is 1. The molecular weight excluding hydrogens is 496 g/mol. The molecule has 1 aliphatic heterocycles. The summed E-state index contributed by atoms with van der Waals surface area (Å²) in [6.07, 6.45) is 0. The van der Waals surface area contributed by atoms with Crippen LogP contribution in [-0.2, 0) is 0 Å². The fourth-order valence-corrected chi connectivity index (χ4v) is 6.53. The molecule has 0 fully saturated rings. The molecule has 0 bridgehead atoms. The number of para-hydroxylation sites is 1. The van der Waals surface area contributed by atoms with Crippen LogP contribution in [0, 0.1) is 0 Å². The first-order chi connectivity index (χ1) is 22.0. The van der Waals surface area contributed by atoms with E-state index in [-0.39, 0.29) is 24.2 Å². The van der Waals surface area contributed by atoms with Crippen molar-refractivity contribution in [2.24, 2.45) is 0 Å². The average molecular weight is 525 g/mol. The maximum Gasteiger partial charge on any atom is 0.135 e. The van der Waals surface area contributed by atoms with E-state index < -0.39 is 0 Å². The number of hydrogen-bond donors (Lipinski definition) is 0. The van der Waals surface area contributed by atoms with Crippen molar-refractivity contribution in [3.8, 4) is 44.9 Å². The van der Waals surface area contributed by atoms with E-state index in [4.69, 9.17) is 4.74 Å². The maximum atomic E-state index is 9.26. The molecule has 8 aromatic carbocycles. The first-order valence-electron chi connectivity index (χ1n) is 15.8. The lowest BCUT2D eigenvalue weighted by atomic mass is 9.83. The predicted molar refractivity (Wildman–Crippen MR) is 173 cm³/mol. The van der Waals surface area contributed by atoms with Gasteiger partial charge in [0.15, 0.2) is 0 Å². The molecule has 0 saturated heterocycles. The normalized spacial score (nSPS) is 13.5. The van der Waals surface area contributed by atoms with Crippen LogP contribution in [0.1, 0.15) is 5.48 Å². The molecule has 190 valence electrons. The van der Waals surface area contributed by atoms with Gasteiger partial charge in [-0.3, -0.25) is 0 Å². The van der Waals surface area contributed by atoms with Crippen LogP contribution in [0.5, 0.6) is 11.5 Å². The summed E-state index contributed by atoms with van der Waals surface area (Å²) >= 11 is 0. The topological polar surface area (TPSA) is 9.23 Å². The Morgan fingerprint density at radius 1 is 0.415 bits per heavy atom. The third-order valence-electron chi connectivity index (χ3n) is 8.28. The monoisotopic (exact) mass is 524 g/mol. The number of rotatable bonds is 2. The molecule has 1 heteroatoms. The zero-order valence-electron chi connectivity index (χ0n) is 26.0. The summed E-state index contributed by atoms with van der Waals surface area (Å²) < 4.78 is 43.3. The molecule has 0 radical (unpaired) electrons. The van der Waals surface area contributed by atoms with Crippen LogP contribution in [0.15, 0.2) is 145 Å². The molecule has 1 heterocycles. The first-order valence-corrected chi connectivity index (χ1v) is 13.8. The fourth-order valence-electron chi connectivity index (χ4n) is 6.53. The van der Waals surface area contributed by atoms with Crippen molar-refractivity contribution in [2.75, 3.05) is 0 Å². The molecule has 0 N–H and O–H groups in total. The van der Waals surface area contributed by atoms with Crippen molar-refractivity contribution < 1.29 is 10.2 Å². The predicted octanol–water partition coefficient (Wildman–Crippen LogP) is 11.4. The Morgan fingerprint density at radius 3 is 1.85 bits per heavy atom. The summed E-state index contributed by atoms with van der Waals surface area (Å²) in [7, 11) is 0. The lowest BCUT2D eigenvalue weighted by molar-refractivity contribution is 0.487. The van der Waals surface area contributed by atoms with Gasteiger partial charge in [0.2, 0.25) is 0 Å². The second-order valence-electron chi connectivity index (χ2n) is 10.5. The highest BCUT2D eigenvalue weighted by Crippen LogP contribution is 2.51. The third-order valence-corrected chi connectivity index (χ3v) is 8.28. The van der Waals surface area contributed by atoms with Crippen molar-refractivity contribution in [3.05, 3.63) is 145 Å². The van der Waals surface area contributed by atoms with Crippen molar-refractivity contribution in [1.29, 1.82) is 0 Å². The minimum Gasteiger partial charge on any atom is -0.456 e. The van der Waals surface area contributed by atoms with Gasteiger partial charge in [-0.05, 0) is 89.8 Å². The first kappa shape index (κ1) is 18.8. The third kappa shape index (κ3) is 3.24. The van der Waals surface area contributed by atoms with Gasteiger partial charge in [0.05, 0.1) is 5.48 Å². The second-order valence-corrected chi connectivity index (χ2v) is 10.5. The Morgan fingerprint density at radius 2 is 1.07 bits per heavy atom. The van der Waals surface area contributed by atoms with E-state index in [1.165, 1.54) is 0 Å². The van der Waals surface area contributed by atoms with Crippen LogP contribution < -0.4 is 4.74 Å². The molecule has 0 aromatic heterocycles. The van der Waals surface area contributed by atoms with E-state index in [0.29, 0.717) is 32.7 Å². The molecule has 1 aliphatic rings. The molecule has 41 heavy (non-hydrogen) atoms. The molecule has 0 spiro atoms. The average Bonchev–Trinajstić information content (AvgIpc) is 3.07. The van der Waals surface area contributed by atoms with Crippen LogP contribution in [0.25, 0.3) is 76.5 Å². The largest absolute Gasteiger partial charge is 0.456 e. The molecule has 0 saturated carbocycles. The summed E-state index contributed by atoms with van der Waals surface area (Å²) in [5, 5.41) is 6.49. The molecule has 0 amide bonds. The fraction of sp³-hybridized carbons (Fsp3) is 0. The van der Waals surface area contributed by atoms with Crippen molar-refractivity contribution in [2.45, 2.75) is 0 Å². The van der Waals surface area contributed by atoms with Gasteiger partial charge in [-0.1, -0.05) is 121 Å². The highest BCUT2D eigenvalue weighted by molar-refractivity contribution is 6.24. The highest BCUT2D eigenvalue weighted by Gasteiger charge is 2.23. The summed E-state index contributed by atoms with van der Waals surface area (Å²) in [5.41, 5.74) is 5.19. The Balaban J connectivity index is 1.49. The van der Waals surface area contributed by atoms with Gasteiger partial charge >= 0.3 is 0 Å². The highest BCUT2D eigenvalue weighted by atomic mass is 16.5. The zero-order chi connectivity index (χ0) is 30.4. The summed E-state index contributed by atoms with van der Waals surface area (Å²) in [6.45, 7) is 0. The number of benzene rings is 8. The van der Waals surface area contributed by atoms with Gasteiger partial charge < -0.3 is 4.74 Å². The van der Waals surface area contributed by atoms with Gasteiger partial charge in [-0.25, -0.2) is 0 Å². The number of ether oxygens (including phenoxy) is 1. The molecular formula is C40H24O. The molecule has 0 aliphatic carbocycles. The van der Waals surface area contributed by atoms with Crippen molar-refractivity contribution >= 4 is 43.1 Å². The van der Waals surface area contributed by atoms with E-state index in [2.05, 4.69) is 42.5 Å². The second kappa shape index (κ2) is 8.55. The van der Waals surface area contributed by atoms with E-state index in [9.17, 15) is 5.48 Å². The minimum atomic E-state index is 0.275. The SMILES string of the molecule is [2H]c1ccc([2H])c2c(-c3ccc4c5c(cccc35)-c3ccccc3O4)c3c([2H])ccc([2H])c3c(-c3ccc4ccccc4c3)c12. The summed E-state index contributed by atoms with van der Waals surface area (Å²) in [6, 6.07) is 40.3. The van der Waals surface area contributed by atoms with Crippen molar-refractivity contribution in [3.63, 3.8) is 0 Å². The van der Waals surface area contributed by atoms with Crippen LogP contribution in [0.2, 0.25) is 0 Å². The van der Waals surface area contributed by atoms with Gasteiger partial charge in [0, 0.05) is 10.9 Å². The van der Waals surface area contributed by atoms with E-state index in [1.54, 1.807) is 24.3 Å². The van der Waals surface area contributed by atoms with E-state index >= 15 is 0 Å². The molecule has 8 aromatic rings. The molecule has 9 rings (SSSR count). The summed E-state index contributed by atoms with van der Waals surface area (Å²) in [5.74, 6) is 1.56.